The summed E-state index contributed by atoms with van der Waals surface area (Å²) in [5.41, 5.74) is 2.93. The van der Waals surface area contributed by atoms with Crippen molar-refractivity contribution in [2.24, 2.45) is 5.92 Å². The molecule has 0 radical (unpaired) electrons. The van der Waals surface area contributed by atoms with Crippen molar-refractivity contribution >= 4 is 40.0 Å². The van der Waals surface area contributed by atoms with Crippen molar-refractivity contribution in [1.29, 1.82) is 0 Å². The Balaban J connectivity index is 0.000000980. The summed E-state index contributed by atoms with van der Waals surface area (Å²) in [5.74, 6) is 0.700. The van der Waals surface area contributed by atoms with Gasteiger partial charge in [0.25, 0.3) is 0 Å². The average molecular weight is 410 g/mol. The number of hydrogen-bond acceptors (Lipinski definition) is 0. The zero-order chi connectivity index (χ0) is 9.47. The second-order valence-electron chi connectivity index (χ2n) is 3.94. The topological polar surface area (TPSA) is 0 Å². The molecule has 0 aromatic heterocycles. The quantitative estimate of drug-likeness (QED) is 0.649. The van der Waals surface area contributed by atoms with Gasteiger partial charge in [-0.2, -0.15) is 0 Å². The maximum atomic E-state index is 2.38. The third kappa shape index (κ3) is 2.73. The van der Waals surface area contributed by atoms with E-state index in [1.807, 2.05) is 0 Å². The molecule has 0 saturated heterocycles. The van der Waals surface area contributed by atoms with Gasteiger partial charge in [-0.3, -0.25) is 0 Å². The Labute approximate surface area is 128 Å². The van der Waals surface area contributed by atoms with Gasteiger partial charge in [-0.1, -0.05) is 0 Å². The first-order valence-corrected chi connectivity index (χ1v) is 5.91. The normalized spacial score (nSPS) is 21.7. The Morgan fingerprint density at radius 3 is 2.33 bits per heavy atom. The fourth-order valence-corrected chi connectivity index (χ4v) is 2.60. The number of rotatable bonds is 1. The minimum atomic E-state index is 0. The SMILES string of the molecule is Br.Br.CC(C)[C]1([Zr])C=Cc2ccccc21. The minimum absolute atomic E-state index is 0. The van der Waals surface area contributed by atoms with Crippen LogP contribution in [-0.4, -0.2) is 0 Å². The first kappa shape index (κ1) is 15.8. The molecule has 1 atom stereocenters. The zero-order valence-electron chi connectivity index (χ0n) is 8.86. The molecular weight excluding hydrogens is 395 g/mol. The Morgan fingerprint density at radius 2 is 1.73 bits per heavy atom. The molecule has 0 aliphatic heterocycles. The van der Waals surface area contributed by atoms with Gasteiger partial charge in [0.1, 0.15) is 0 Å². The molecule has 1 unspecified atom stereocenters. The van der Waals surface area contributed by atoms with E-state index in [0.717, 1.165) is 0 Å². The molecule has 15 heavy (non-hydrogen) atoms. The van der Waals surface area contributed by atoms with E-state index >= 15 is 0 Å². The molecular formula is C12H15Br2Zr. The van der Waals surface area contributed by atoms with Crippen molar-refractivity contribution in [3.8, 4) is 0 Å². The molecule has 0 nitrogen and oxygen atoms in total. The van der Waals surface area contributed by atoms with E-state index in [2.05, 4.69) is 50.3 Å². The third-order valence-corrected chi connectivity index (χ3v) is 5.33. The molecule has 2 rings (SSSR count). The van der Waals surface area contributed by atoms with Crippen LogP contribution in [0.1, 0.15) is 25.0 Å². The molecule has 1 aromatic carbocycles. The van der Waals surface area contributed by atoms with E-state index < -0.39 is 0 Å². The van der Waals surface area contributed by atoms with Crippen molar-refractivity contribution in [3.63, 3.8) is 0 Å². The summed E-state index contributed by atoms with van der Waals surface area (Å²) >= 11 is 1.60. The van der Waals surface area contributed by atoms with Gasteiger partial charge in [0.15, 0.2) is 0 Å². The van der Waals surface area contributed by atoms with Crippen LogP contribution in [0.25, 0.3) is 6.08 Å². The summed E-state index contributed by atoms with van der Waals surface area (Å²) in [5, 5.41) is 0. The summed E-state index contributed by atoms with van der Waals surface area (Å²) in [7, 11) is 0. The Morgan fingerprint density at radius 1 is 1.13 bits per heavy atom. The van der Waals surface area contributed by atoms with Gasteiger partial charge in [-0.05, 0) is 0 Å². The van der Waals surface area contributed by atoms with Crippen LogP contribution in [0.15, 0.2) is 30.3 Å². The molecule has 81 valence electrons. The first-order chi connectivity index (χ1) is 6.14. The zero-order valence-corrected chi connectivity index (χ0v) is 14.7. The van der Waals surface area contributed by atoms with Crippen LogP contribution in [0.3, 0.4) is 0 Å². The molecule has 3 heteroatoms. The van der Waals surface area contributed by atoms with Crippen LogP contribution in [0, 0.1) is 5.92 Å². The molecule has 0 fully saturated rings. The van der Waals surface area contributed by atoms with Crippen LogP contribution in [0.5, 0.6) is 0 Å². The van der Waals surface area contributed by atoms with Crippen molar-refractivity contribution in [2.45, 2.75) is 17.0 Å². The van der Waals surface area contributed by atoms with Gasteiger partial charge < -0.3 is 0 Å². The summed E-state index contributed by atoms with van der Waals surface area (Å²) < 4.78 is 0.337. The van der Waals surface area contributed by atoms with Crippen molar-refractivity contribution < 1.29 is 24.7 Å². The second-order valence-corrected chi connectivity index (χ2v) is 5.98. The molecule has 1 aliphatic rings. The Kier molecular flexibility index (Phi) is 6.25. The molecule has 0 bridgehead atoms. The molecule has 0 spiro atoms. The Hall–Kier alpha value is 0.803. The van der Waals surface area contributed by atoms with E-state index in [1.54, 1.807) is 24.7 Å². The number of allylic oxidation sites excluding steroid dienone is 1. The van der Waals surface area contributed by atoms with E-state index in [4.69, 9.17) is 0 Å². The third-order valence-electron chi connectivity index (χ3n) is 2.84. The van der Waals surface area contributed by atoms with Gasteiger partial charge in [0.2, 0.25) is 0 Å². The van der Waals surface area contributed by atoms with Crippen LogP contribution >= 0.6 is 34.0 Å². The van der Waals surface area contributed by atoms with Crippen LogP contribution in [-0.2, 0) is 27.8 Å². The van der Waals surface area contributed by atoms with Crippen molar-refractivity contribution in [3.05, 3.63) is 41.5 Å². The molecule has 0 heterocycles. The first-order valence-electron chi connectivity index (χ1n) is 4.68. The maximum absolute atomic E-state index is 2.38. The fourth-order valence-electron chi connectivity index (χ4n) is 1.83. The molecule has 0 N–H and O–H groups in total. The van der Waals surface area contributed by atoms with Crippen LogP contribution in [0.4, 0.5) is 0 Å². The summed E-state index contributed by atoms with van der Waals surface area (Å²) in [4.78, 5) is 0. The van der Waals surface area contributed by atoms with Gasteiger partial charge in [-0.25, -0.2) is 0 Å². The summed E-state index contributed by atoms with van der Waals surface area (Å²) in [6, 6.07) is 8.74. The summed E-state index contributed by atoms with van der Waals surface area (Å²) in [6.45, 7) is 4.61. The molecule has 1 aliphatic carbocycles. The predicted octanol–water partition coefficient (Wildman–Crippen LogP) is 4.27. The monoisotopic (exact) mass is 407 g/mol. The number of fused-ring (bicyclic) bond motifs is 1. The number of hydrogen-bond donors (Lipinski definition) is 0. The van der Waals surface area contributed by atoms with Crippen LogP contribution < -0.4 is 0 Å². The fraction of sp³-hybridized carbons (Fsp3) is 0.333. The Bertz CT molecular complexity index is 360. The van der Waals surface area contributed by atoms with E-state index in [0.29, 0.717) is 9.04 Å². The molecule has 1 aromatic rings. The number of halogens is 2. The number of benzene rings is 1. The van der Waals surface area contributed by atoms with E-state index in [1.165, 1.54) is 11.1 Å². The van der Waals surface area contributed by atoms with E-state index in [-0.39, 0.29) is 34.0 Å². The molecule has 0 amide bonds. The van der Waals surface area contributed by atoms with Gasteiger partial charge in [-0.15, -0.1) is 34.0 Å². The average Bonchev–Trinajstić information content (AvgIpc) is 2.47. The van der Waals surface area contributed by atoms with E-state index in [9.17, 15) is 0 Å². The van der Waals surface area contributed by atoms with Crippen molar-refractivity contribution in [1.82, 2.24) is 0 Å². The van der Waals surface area contributed by atoms with Crippen molar-refractivity contribution in [2.75, 3.05) is 0 Å². The van der Waals surface area contributed by atoms with Gasteiger partial charge in [0.05, 0.1) is 0 Å². The van der Waals surface area contributed by atoms with Crippen LogP contribution in [0.2, 0.25) is 0 Å². The second kappa shape index (κ2) is 5.93. The molecule has 0 saturated carbocycles. The predicted molar refractivity (Wildman–Crippen MR) is 72.6 cm³/mol. The van der Waals surface area contributed by atoms with Gasteiger partial charge >= 0.3 is 95.2 Å². The standard InChI is InChI=1S/C12H13.2BrH.Zr/c1-9(2)11-8-7-10-5-3-4-6-12(10)11;;;/h3-9H,1-2H3;2*1H;. The van der Waals surface area contributed by atoms with Gasteiger partial charge in [0, 0.05) is 0 Å². The summed E-state index contributed by atoms with van der Waals surface area (Å²) in [6.07, 6.45) is 4.64.